The van der Waals surface area contributed by atoms with Gasteiger partial charge in [0.05, 0.1) is 24.5 Å². The van der Waals surface area contributed by atoms with Crippen LogP contribution in [0.1, 0.15) is 69.9 Å². The maximum Gasteiger partial charge on any atom is 0.283 e. The summed E-state index contributed by atoms with van der Waals surface area (Å²) in [6, 6.07) is 15.1. The summed E-state index contributed by atoms with van der Waals surface area (Å²) in [6.07, 6.45) is 5.27. The van der Waals surface area contributed by atoms with Crippen molar-refractivity contribution in [2.24, 2.45) is 5.92 Å². The Hall–Kier alpha value is -2.40. The van der Waals surface area contributed by atoms with Crippen LogP contribution >= 0.6 is 12.8 Å². The second-order valence-corrected chi connectivity index (χ2v) is 13.3. The third kappa shape index (κ3) is 4.88. The lowest BCUT2D eigenvalue weighted by Crippen LogP contribution is -2.60. The molecule has 4 bridgehead atoms. The lowest BCUT2D eigenvalue weighted by molar-refractivity contribution is -0.137. The number of fused-ring (bicyclic) bond motifs is 4. The number of aromatic nitrogens is 1. The largest absolute Gasteiger partial charge is 0.492 e. The second-order valence-electron chi connectivity index (χ2n) is 12.8. The van der Waals surface area contributed by atoms with Crippen LogP contribution in [0.25, 0.3) is 22.2 Å². The zero-order valence-electron chi connectivity index (χ0n) is 25.0. The highest BCUT2D eigenvalue weighted by molar-refractivity contribution is 7.77. The number of nitrogens with zero attached hydrogens (tertiary/aromatic N) is 4. The van der Waals surface area contributed by atoms with Gasteiger partial charge in [-0.15, -0.1) is 0 Å². The minimum absolute atomic E-state index is 0.0653. The molecule has 0 spiro atoms. The fourth-order valence-corrected chi connectivity index (χ4v) is 8.37. The number of hydrogen-bond donors (Lipinski definition) is 1. The fraction of sp³-hybridized carbons (Fsp3) is 0.545. The van der Waals surface area contributed by atoms with Crippen molar-refractivity contribution in [1.29, 1.82) is 0 Å². The van der Waals surface area contributed by atoms with Crippen molar-refractivity contribution in [1.82, 2.24) is 18.9 Å². The average Bonchev–Trinajstić information content (AvgIpc) is 3.78. The Morgan fingerprint density at radius 1 is 1.05 bits per heavy atom. The smallest absolute Gasteiger partial charge is 0.283 e. The van der Waals surface area contributed by atoms with Crippen molar-refractivity contribution in [2.45, 2.75) is 96.4 Å². The monoisotopic (exact) mass is 590 g/mol. The van der Waals surface area contributed by atoms with Crippen LogP contribution in [0, 0.1) is 5.92 Å². The number of para-hydroxylation sites is 1. The van der Waals surface area contributed by atoms with E-state index < -0.39 is 12.3 Å². The predicted molar refractivity (Wildman–Crippen MR) is 166 cm³/mol. The summed E-state index contributed by atoms with van der Waals surface area (Å²) >= 11 is 5.01. The molecule has 1 aromatic heterocycles. The Bertz CT molecular complexity index is 1480. The molecule has 4 heterocycles. The van der Waals surface area contributed by atoms with Crippen molar-refractivity contribution >= 4 is 29.5 Å². The van der Waals surface area contributed by atoms with Gasteiger partial charge in [-0.3, -0.25) is 9.69 Å². The highest BCUT2D eigenvalue weighted by Gasteiger charge is 2.47. The van der Waals surface area contributed by atoms with Gasteiger partial charge in [-0.2, -0.15) is 14.2 Å². The SMILES string of the molecule is CC(C)N1C(C)N(C)C(C(=O)C2OO2)C2COc3ccccc3-c3c(C4CCCCC4)c4ccc(cc4n3C2)CN1S. The summed E-state index contributed by atoms with van der Waals surface area (Å²) in [5, 5.41) is 3.55. The molecule has 2 fully saturated rings. The molecule has 3 aromatic rings. The number of hydrazine groups is 1. The number of carbonyl (C=O) groups is 1. The first kappa shape index (κ1) is 28.4. The molecule has 9 heteroatoms. The summed E-state index contributed by atoms with van der Waals surface area (Å²) in [4.78, 5) is 26.4. The first-order valence-electron chi connectivity index (χ1n) is 15.5. The molecule has 0 amide bonds. The number of ether oxygens (including phenoxy) is 1. The Labute approximate surface area is 253 Å². The zero-order valence-corrected chi connectivity index (χ0v) is 25.9. The number of thiol groups is 1. The molecular formula is C33H42N4O4S. The second kappa shape index (κ2) is 11.3. The maximum atomic E-state index is 14.0. The van der Waals surface area contributed by atoms with Gasteiger partial charge in [0.2, 0.25) is 5.78 Å². The highest BCUT2D eigenvalue weighted by atomic mass is 32.1. The van der Waals surface area contributed by atoms with Crippen LogP contribution in [-0.2, 0) is 27.7 Å². The van der Waals surface area contributed by atoms with E-state index in [1.54, 1.807) is 0 Å². The van der Waals surface area contributed by atoms with Crippen molar-refractivity contribution in [3.63, 3.8) is 0 Å². The fourth-order valence-electron chi connectivity index (χ4n) is 7.85. The first-order valence-corrected chi connectivity index (χ1v) is 15.9. The minimum atomic E-state index is -0.833. The van der Waals surface area contributed by atoms with Crippen LogP contribution in [0.3, 0.4) is 0 Å². The van der Waals surface area contributed by atoms with Crippen LogP contribution in [0.15, 0.2) is 42.5 Å². The molecule has 0 radical (unpaired) electrons. The van der Waals surface area contributed by atoms with Gasteiger partial charge >= 0.3 is 0 Å². The van der Waals surface area contributed by atoms with E-state index in [1.807, 2.05) is 17.5 Å². The third-order valence-corrected chi connectivity index (χ3v) is 10.2. The molecule has 42 heavy (non-hydrogen) atoms. The molecule has 4 aliphatic rings. The molecule has 1 saturated carbocycles. The molecule has 7 rings (SSSR count). The van der Waals surface area contributed by atoms with Crippen LogP contribution in [0.4, 0.5) is 0 Å². The number of Topliss-reactive ketones (excluding diaryl/α,β-unsaturated/α-hetero) is 1. The minimum Gasteiger partial charge on any atom is -0.492 e. The van der Waals surface area contributed by atoms with Crippen LogP contribution in [0.5, 0.6) is 5.75 Å². The number of rotatable bonds is 4. The molecule has 1 saturated heterocycles. The molecule has 1 aliphatic carbocycles. The van der Waals surface area contributed by atoms with Gasteiger partial charge in [0.15, 0.2) is 0 Å². The van der Waals surface area contributed by atoms with Gasteiger partial charge in [-0.05, 0) is 75.9 Å². The summed E-state index contributed by atoms with van der Waals surface area (Å²) in [5.74, 6) is 1.16. The van der Waals surface area contributed by atoms with Gasteiger partial charge < -0.3 is 9.30 Å². The maximum absolute atomic E-state index is 14.0. The molecule has 2 aromatic carbocycles. The van der Waals surface area contributed by atoms with E-state index in [2.05, 4.69) is 71.6 Å². The Morgan fingerprint density at radius 3 is 2.55 bits per heavy atom. The van der Waals surface area contributed by atoms with E-state index in [4.69, 9.17) is 27.3 Å². The topological polar surface area (TPSA) is 66.0 Å². The van der Waals surface area contributed by atoms with E-state index in [1.165, 1.54) is 59.8 Å². The highest BCUT2D eigenvalue weighted by Crippen LogP contribution is 2.48. The van der Waals surface area contributed by atoms with E-state index in [9.17, 15) is 4.79 Å². The quantitative estimate of drug-likeness (QED) is 0.222. The normalized spacial score (nSPS) is 26.5. The molecule has 0 N–H and O–H groups in total. The number of likely N-dealkylation sites (N-methyl/N-ethyl adjacent to an activating group) is 1. The molecule has 224 valence electrons. The summed E-state index contributed by atoms with van der Waals surface area (Å²) < 4.78 is 11.2. The number of ketones is 1. The third-order valence-electron chi connectivity index (χ3n) is 9.89. The van der Waals surface area contributed by atoms with Crippen LogP contribution < -0.4 is 4.74 Å². The number of carbonyl (C=O) groups excluding carboxylic acids is 1. The van der Waals surface area contributed by atoms with E-state index in [0.29, 0.717) is 25.6 Å². The lowest BCUT2D eigenvalue weighted by atomic mass is 9.81. The standard InChI is InChI=1S/C33H42N4O4S/c1-20(2)37-21(3)34(4)30(32(38)33-40-41-33)24-18-35-27-16-22(17-36(37)42)14-15-25(27)29(23-10-6-5-7-11-23)31(35)26-12-8-9-13-28(26)39-19-24/h8-9,12-16,20-21,23-24,30,33,42H,5-7,10-11,17-19H2,1-4H3. The van der Waals surface area contributed by atoms with Crippen LogP contribution in [-0.4, -0.2) is 62.9 Å². The van der Waals surface area contributed by atoms with E-state index in [0.717, 1.165) is 11.3 Å². The van der Waals surface area contributed by atoms with Crippen LogP contribution in [0.2, 0.25) is 0 Å². The number of benzene rings is 2. The van der Waals surface area contributed by atoms with E-state index in [-0.39, 0.29) is 23.9 Å². The van der Waals surface area contributed by atoms with Crippen molar-refractivity contribution in [3.05, 3.63) is 53.6 Å². The Morgan fingerprint density at radius 2 is 1.81 bits per heavy atom. The molecule has 3 aliphatic heterocycles. The number of hydrogen-bond acceptors (Lipinski definition) is 8. The Balaban J connectivity index is 1.49. The lowest BCUT2D eigenvalue weighted by Gasteiger charge is -2.46. The average molecular weight is 591 g/mol. The molecule has 8 nitrogen and oxygen atoms in total. The van der Waals surface area contributed by atoms with Crippen molar-refractivity contribution in [2.75, 3.05) is 13.7 Å². The molecule has 3 atom stereocenters. The molecular weight excluding hydrogens is 548 g/mol. The van der Waals surface area contributed by atoms with Crippen molar-refractivity contribution < 1.29 is 19.3 Å². The van der Waals surface area contributed by atoms with Gasteiger partial charge in [-0.1, -0.05) is 56.3 Å². The Kier molecular flexibility index (Phi) is 7.61. The van der Waals surface area contributed by atoms with Gasteiger partial charge in [0.25, 0.3) is 6.29 Å². The van der Waals surface area contributed by atoms with Gasteiger partial charge in [-0.25, -0.2) is 5.01 Å². The van der Waals surface area contributed by atoms with Gasteiger partial charge in [0.1, 0.15) is 5.75 Å². The summed E-state index contributed by atoms with van der Waals surface area (Å²) in [6.45, 7) is 8.17. The summed E-state index contributed by atoms with van der Waals surface area (Å²) in [5.41, 5.74) is 6.27. The van der Waals surface area contributed by atoms with Crippen molar-refractivity contribution in [3.8, 4) is 17.0 Å². The van der Waals surface area contributed by atoms with Gasteiger partial charge in [0, 0.05) is 41.5 Å². The van der Waals surface area contributed by atoms with E-state index >= 15 is 0 Å². The predicted octanol–water partition coefficient (Wildman–Crippen LogP) is 6.15. The molecule has 3 unspecified atom stereocenters. The zero-order chi connectivity index (χ0) is 29.1. The first-order chi connectivity index (χ1) is 20.3. The summed E-state index contributed by atoms with van der Waals surface area (Å²) in [7, 11) is 2.03.